The van der Waals surface area contributed by atoms with Crippen LogP contribution in [0, 0.1) is 0 Å². The van der Waals surface area contributed by atoms with Crippen LogP contribution < -0.4 is 9.47 Å². The summed E-state index contributed by atoms with van der Waals surface area (Å²) < 4.78 is 47.6. The number of carboxylic acid groups (broad SMARTS) is 1. The number of aliphatic carboxylic acids is 1. The maximum Gasteiger partial charge on any atom is 0.573 e. The molecule has 1 unspecified atom stereocenters. The maximum absolute atomic E-state index is 12.5. The van der Waals surface area contributed by atoms with Gasteiger partial charge in [-0.05, 0) is 41.3 Å². The van der Waals surface area contributed by atoms with Crippen LogP contribution in [-0.2, 0) is 11.2 Å². The second-order valence-corrected chi connectivity index (χ2v) is 7.23. The number of ether oxygens (including phenoxy) is 2. The minimum absolute atomic E-state index is 0.0924. The minimum Gasteiger partial charge on any atom is -0.481 e. The van der Waals surface area contributed by atoms with Gasteiger partial charge >= 0.3 is 12.3 Å². The lowest BCUT2D eigenvalue weighted by molar-refractivity contribution is -0.274. The van der Waals surface area contributed by atoms with Crippen LogP contribution in [0.15, 0.2) is 54.7 Å². The van der Waals surface area contributed by atoms with Gasteiger partial charge in [-0.15, -0.1) is 13.2 Å². The van der Waals surface area contributed by atoms with Crippen LogP contribution in [0.4, 0.5) is 13.2 Å². The Morgan fingerprint density at radius 2 is 1.84 bits per heavy atom. The number of H-pyrrole nitrogens is 1. The zero-order valence-electron chi connectivity index (χ0n) is 16.8. The van der Waals surface area contributed by atoms with E-state index in [9.17, 15) is 18.0 Å². The molecule has 0 aliphatic carbocycles. The van der Waals surface area contributed by atoms with Crippen molar-refractivity contribution < 1.29 is 32.5 Å². The smallest absolute Gasteiger partial charge is 0.481 e. The highest BCUT2D eigenvalue weighted by atomic mass is 19.4. The van der Waals surface area contributed by atoms with Crippen molar-refractivity contribution in [2.45, 2.75) is 38.7 Å². The predicted octanol–water partition coefficient (Wildman–Crippen LogP) is 5.23. The first-order valence-corrected chi connectivity index (χ1v) is 9.48. The fourth-order valence-corrected chi connectivity index (χ4v) is 3.17. The van der Waals surface area contributed by atoms with Crippen molar-refractivity contribution in [2.75, 3.05) is 0 Å². The molecule has 0 saturated carbocycles. The number of rotatable bonds is 8. The van der Waals surface area contributed by atoms with Crippen LogP contribution in [0.3, 0.4) is 0 Å². The van der Waals surface area contributed by atoms with Gasteiger partial charge in [0.05, 0.1) is 12.6 Å². The van der Waals surface area contributed by atoms with Crippen molar-refractivity contribution in [3.8, 4) is 11.5 Å². The van der Waals surface area contributed by atoms with Crippen molar-refractivity contribution >= 4 is 5.97 Å². The molecule has 6 nitrogen and oxygen atoms in total. The van der Waals surface area contributed by atoms with Gasteiger partial charge in [0.2, 0.25) is 0 Å². The number of aromatic nitrogens is 2. The van der Waals surface area contributed by atoms with Crippen LogP contribution in [0.5, 0.6) is 11.5 Å². The Morgan fingerprint density at radius 3 is 2.45 bits per heavy atom. The molecule has 0 amide bonds. The monoisotopic (exact) mass is 434 g/mol. The lowest BCUT2D eigenvalue weighted by Gasteiger charge is -2.22. The topological polar surface area (TPSA) is 84.4 Å². The van der Waals surface area contributed by atoms with Gasteiger partial charge in [0, 0.05) is 11.3 Å². The molecule has 2 aromatic carbocycles. The molecule has 164 valence electrons. The van der Waals surface area contributed by atoms with E-state index in [1.54, 1.807) is 30.5 Å². The van der Waals surface area contributed by atoms with Crippen LogP contribution in [0.25, 0.3) is 0 Å². The quantitative estimate of drug-likeness (QED) is 0.507. The van der Waals surface area contributed by atoms with Gasteiger partial charge in [0.25, 0.3) is 0 Å². The third-order valence-corrected chi connectivity index (χ3v) is 4.48. The number of nitrogens with one attached hydrogen (secondary N) is 1. The lowest BCUT2D eigenvalue weighted by atomic mass is 9.97. The molecule has 1 atom stereocenters. The number of carboxylic acids is 1. The Morgan fingerprint density at radius 1 is 1.13 bits per heavy atom. The van der Waals surface area contributed by atoms with E-state index >= 15 is 0 Å². The zero-order chi connectivity index (χ0) is 22.6. The Labute approximate surface area is 176 Å². The average Bonchev–Trinajstić information content (AvgIpc) is 3.15. The molecule has 0 aliphatic rings. The first-order chi connectivity index (χ1) is 14.6. The second kappa shape index (κ2) is 9.11. The summed E-state index contributed by atoms with van der Waals surface area (Å²) in [5.41, 5.74) is 2.70. The Kier molecular flexibility index (Phi) is 6.53. The minimum atomic E-state index is -4.78. The number of alkyl halides is 3. The van der Waals surface area contributed by atoms with Gasteiger partial charge < -0.3 is 14.6 Å². The molecule has 0 bridgehead atoms. The van der Waals surface area contributed by atoms with E-state index < -0.39 is 18.4 Å². The molecule has 31 heavy (non-hydrogen) atoms. The van der Waals surface area contributed by atoms with Gasteiger partial charge in [0.1, 0.15) is 11.5 Å². The second-order valence-electron chi connectivity index (χ2n) is 7.23. The van der Waals surface area contributed by atoms with Crippen LogP contribution in [-0.4, -0.2) is 27.6 Å². The predicted molar refractivity (Wildman–Crippen MR) is 106 cm³/mol. The van der Waals surface area contributed by atoms with Gasteiger partial charge in [-0.3, -0.25) is 9.89 Å². The number of hydrogen-bond acceptors (Lipinski definition) is 4. The van der Waals surface area contributed by atoms with Crippen LogP contribution >= 0.6 is 0 Å². The van der Waals surface area contributed by atoms with E-state index in [0.29, 0.717) is 16.9 Å². The number of nitrogens with zero attached hydrogens (tertiary/aromatic N) is 1. The average molecular weight is 434 g/mol. The summed E-state index contributed by atoms with van der Waals surface area (Å²) in [5.74, 6) is -0.786. The van der Waals surface area contributed by atoms with E-state index in [-0.39, 0.29) is 18.1 Å². The highest BCUT2D eigenvalue weighted by Crippen LogP contribution is 2.34. The summed E-state index contributed by atoms with van der Waals surface area (Å²) in [5, 5.41) is 16.1. The van der Waals surface area contributed by atoms with E-state index in [0.717, 1.165) is 11.3 Å². The first kappa shape index (κ1) is 22.2. The summed E-state index contributed by atoms with van der Waals surface area (Å²) in [6.07, 6.45) is -4.01. The molecular weight excluding hydrogens is 413 g/mol. The number of aromatic amines is 1. The fourth-order valence-electron chi connectivity index (χ4n) is 3.17. The van der Waals surface area contributed by atoms with Crippen LogP contribution in [0.2, 0.25) is 0 Å². The summed E-state index contributed by atoms with van der Waals surface area (Å²) in [4.78, 5) is 11.0. The first-order valence-electron chi connectivity index (χ1n) is 9.48. The molecule has 0 aliphatic heterocycles. The largest absolute Gasteiger partial charge is 0.573 e. The van der Waals surface area contributed by atoms with Crippen molar-refractivity contribution in [1.29, 1.82) is 0 Å². The molecule has 0 saturated heterocycles. The van der Waals surface area contributed by atoms with Gasteiger partial charge in [-0.1, -0.05) is 38.1 Å². The zero-order valence-corrected chi connectivity index (χ0v) is 16.8. The van der Waals surface area contributed by atoms with Crippen molar-refractivity contribution in [3.63, 3.8) is 0 Å². The summed E-state index contributed by atoms with van der Waals surface area (Å²) in [6.45, 7) is 3.95. The van der Waals surface area contributed by atoms with E-state index in [2.05, 4.69) is 14.9 Å². The van der Waals surface area contributed by atoms with E-state index in [1.165, 1.54) is 24.3 Å². The lowest BCUT2D eigenvalue weighted by Crippen LogP contribution is -2.17. The summed E-state index contributed by atoms with van der Waals surface area (Å²) in [6, 6.07) is 12.1. The molecule has 0 spiro atoms. The number of carbonyl (C=O) groups is 1. The Bertz CT molecular complexity index is 1030. The van der Waals surface area contributed by atoms with E-state index in [4.69, 9.17) is 9.84 Å². The maximum atomic E-state index is 12.5. The molecule has 0 fully saturated rings. The normalized spacial score (nSPS) is 12.6. The Balaban J connectivity index is 1.96. The molecule has 2 N–H and O–H groups in total. The molecule has 3 rings (SSSR count). The number of benzene rings is 2. The summed E-state index contributed by atoms with van der Waals surface area (Å²) in [7, 11) is 0. The molecular formula is C22H21F3N2O4. The van der Waals surface area contributed by atoms with Crippen LogP contribution in [0.1, 0.15) is 48.3 Å². The van der Waals surface area contributed by atoms with Crippen molar-refractivity contribution in [3.05, 3.63) is 77.1 Å². The molecule has 9 heteroatoms. The standard InChI is InChI=1S/C22H21F3N2O4/c1-13(2)20-18(12-26-27-20)21(15-6-8-16(9-7-15)31-22(23,24)25)30-17-5-3-4-14(10-17)11-19(28)29/h3-10,12-13,21H,11H2,1-2H3,(H,26,27)(H,28,29). The summed E-state index contributed by atoms with van der Waals surface area (Å²) >= 11 is 0. The highest BCUT2D eigenvalue weighted by Gasteiger charge is 2.31. The number of hydrogen-bond donors (Lipinski definition) is 2. The van der Waals surface area contributed by atoms with Gasteiger partial charge in [-0.2, -0.15) is 5.10 Å². The van der Waals surface area contributed by atoms with E-state index in [1.807, 2.05) is 13.8 Å². The van der Waals surface area contributed by atoms with Gasteiger partial charge in [-0.25, -0.2) is 0 Å². The highest BCUT2D eigenvalue weighted by molar-refractivity contribution is 5.70. The third-order valence-electron chi connectivity index (χ3n) is 4.48. The third kappa shape index (κ3) is 6.00. The van der Waals surface area contributed by atoms with Crippen molar-refractivity contribution in [1.82, 2.24) is 10.2 Å². The molecule has 3 aromatic rings. The fraction of sp³-hybridized carbons (Fsp3) is 0.273. The van der Waals surface area contributed by atoms with Crippen molar-refractivity contribution in [2.24, 2.45) is 0 Å². The molecule has 1 aromatic heterocycles. The Hall–Kier alpha value is -3.49. The molecule has 1 heterocycles. The van der Waals surface area contributed by atoms with Gasteiger partial charge in [0.15, 0.2) is 6.10 Å². The SMILES string of the molecule is CC(C)c1[nH]ncc1C(Oc1cccc(CC(=O)O)c1)c1ccc(OC(F)(F)F)cc1. The molecule has 0 radical (unpaired) electrons. The number of halogens is 3.